The van der Waals surface area contributed by atoms with E-state index >= 15 is 0 Å². The van der Waals surface area contributed by atoms with E-state index in [0.29, 0.717) is 12.4 Å². The van der Waals surface area contributed by atoms with E-state index in [2.05, 4.69) is 10.9 Å². The van der Waals surface area contributed by atoms with Crippen LogP contribution in [0.5, 0.6) is 11.5 Å². The Balaban J connectivity index is 2.12. The van der Waals surface area contributed by atoms with E-state index in [1.807, 2.05) is 0 Å². The Morgan fingerprint density at radius 1 is 1.16 bits per heavy atom. The topological polar surface area (TPSA) is 76.7 Å². The third kappa shape index (κ3) is 4.39. The van der Waals surface area contributed by atoms with Gasteiger partial charge >= 0.3 is 0 Å². The summed E-state index contributed by atoms with van der Waals surface area (Å²) in [6.45, 7) is 2.16. The Labute approximate surface area is 148 Å². The van der Waals surface area contributed by atoms with Crippen molar-refractivity contribution >= 4 is 23.4 Å². The van der Waals surface area contributed by atoms with Gasteiger partial charge in [0.05, 0.1) is 24.3 Å². The Morgan fingerprint density at radius 3 is 2.48 bits per heavy atom. The molecule has 0 saturated heterocycles. The third-order valence-corrected chi connectivity index (χ3v) is 3.47. The fourth-order valence-electron chi connectivity index (χ4n) is 2.03. The minimum Gasteiger partial charge on any atom is -0.493 e. The maximum atomic E-state index is 13.5. The van der Waals surface area contributed by atoms with Crippen LogP contribution in [0, 0.1) is 5.82 Å². The fraction of sp³-hybridized carbons (Fsp3) is 0.176. The normalized spacial score (nSPS) is 10.1. The molecular weight excluding hydrogens is 351 g/mol. The van der Waals surface area contributed by atoms with Crippen LogP contribution < -0.4 is 20.3 Å². The summed E-state index contributed by atoms with van der Waals surface area (Å²) in [5.74, 6) is -1.53. The molecule has 0 radical (unpaired) electrons. The van der Waals surface area contributed by atoms with E-state index < -0.39 is 17.6 Å². The fourth-order valence-corrected chi connectivity index (χ4v) is 2.30. The maximum Gasteiger partial charge on any atom is 0.272 e. The van der Waals surface area contributed by atoms with Crippen molar-refractivity contribution in [3.63, 3.8) is 0 Å². The number of hydrogen-bond acceptors (Lipinski definition) is 4. The van der Waals surface area contributed by atoms with Crippen molar-refractivity contribution in [3.8, 4) is 11.5 Å². The molecule has 0 aliphatic rings. The molecule has 0 bridgehead atoms. The number of halogens is 2. The molecule has 25 heavy (non-hydrogen) atoms. The third-order valence-electron chi connectivity index (χ3n) is 3.19. The molecule has 0 atom stereocenters. The molecule has 0 unspecified atom stereocenters. The second kappa shape index (κ2) is 8.34. The molecule has 0 aromatic heterocycles. The van der Waals surface area contributed by atoms with Crippen LogP contribution in [0.3, 0.4) is 0 Å². The molecule has 2 aromatic rings. The number of hydrazine groups is 1. The number of carbonyl (C=O) groups is 2. The van der Waals surface area contributed by atoms with Crippen LogP contribution in [0.15, 0.2) is 36.4 Å². The van der Waals surface area contributed by atoms with Gasteiger partial charge in [0.1, 0.15) is 5.82 Å². The Morgan fingerprint density at radius 2 is 1.84 bits per heavy atom. The summed E-state index contributed by atoms with van der Waals surface area (Å²) in [7, 11) is 1.41. The second-order valence-corrected chi connectivity index (χ2v) is 5.22. The predicted molar refractivity (Wildman–Crippen MR) is 90.5 cm³/mol. The molecule has 8 heteroatoms. The van der Waals surface area contributed by atoms with Gasteiger partial charge in [0.15, 0.2) is 11.5 Å². The quantitative estimate of drug-likeness (QED) is 0.798. The van der Waals surface area contributed by atoms with E-state index in [1.165, 1.54) is 37.4 Å². The maximum absolute atomic E-state index is 13.5. The highest BCUT2D eigenvalue weighted by atomic mass is 35.5. The van der Waals surface area contributed by atoms with Gasteiger partial charge in [0, 0.05) is 5.56 Å². The first-order chi connectivity index (χ1) is 12.0. The first kappa shape index (κ1) is 18.5. The van der Waals surface area contributed by atoms with Gasteiger partial charge in [-0.25, -0.2) is 4.39 Å². The van der Waals surface area contributed by atoms with Crippen molar-refractivity contribution < 1.29 is 23.5 Å². The lowest BCUT2D eigenvalue weighted by atomic mass is 10.2. The molecule has 0 heterocycles. The van der Waals surface area contributed by atoms with Gasteiger partial charge in [-0.2, -0.15) is 0 Å². The van der Waals surface area contributed by atoms with Crippen LogP contribution >= 0.6 is 11.6 Å². The zero-order valence-corrected chi connectivity index (χ0v) is 14.3. The minimum absolute atomic E-state index is 0.138. The van der Waals surface area contributed by atoms with Crippen LogP contribution in [0.2, 0.25) is 5.02 Å². The summed E-state index contributed by atoms with van der Waals surface area (Å²) in [5, 5.41) is 0.187. The van der Waals surface area contributed by atoms with Crippen molar-refractivity contribution in [3.05, 3.63) is 58.4 Å². The molecule has 6 nitrogen and oxygen atoms in total. The Kier molecular flexibility index (Phi) is 6.19. The lowest BCUT2D eigenvalue weighted by Crippen LogP contribution is -2.41. The van der Waals surface area contributed by atoms with E-state index in [-0.39, 0.29) is 21.9 Å². The average Bonchev–Trinajstić information content (AvgIpc) is 2.61. The molecule has 0 spiro atoms. The molecule has 0 saturated carbocycles. The molecular formula is C17H16ClFN2O4. The predicted octanol–water partition coefficient (Wildman–Crippen LogP) is 2.96. The van der Waals surface area contributed by atoms with Crippen molar-refractivity contribution in [1.29, 1.82) is 0 Å². The molecule has 2 aromatic carbocycles. The van der Waals surface area contributed by atoms with Crippen molar-refractivity contribution in [2.75, 3.05) is 13.7 Å². The summed E-state index contributed by atoms with van der Waals surface area (Å²) >= 11 is 6.09. The summed E-state index contributed by atoms with van der Waals surface area (Å²) in [4.78, 5) is 24.1. The molecule has 132 valence electrons. The Hall–Kier alpha value is -2.80. The van der Waals surface area contributed by atoms with Crippen LogP contribution in [-0.2, 0) is 0 Å². The average molecular weight is 367 g/mol. The van der Waals surface area contributed by atoms with E-state index in [9.17, 15) is 14.0 Å². The number of benzene rings is 2. The van der Waals surface area contributed by atoms with Gasteiger partial charge in [0.2, 0.25) is 0 Å². The standard InChI is InChI=1S/C17H16ClFN2O4/c1-3-25-15-12(18)8-10(9-14(15)24-2)16(22)20-21-17(23)11-6-4-5-7-13(11)19/h4-9H,3H2,1-2H3,(H,20,22)(H,21,23). The monoisotopic (exact) mass is 366 g/mol. The van der Waals surface area contributed by atoms with Crippen molar-refractivity contribution in [2.24, 2.45) is 0 Å². The molecule has 0 fully saturated rings. The number of carbonyl (C=O) groups excluding carboxylic acids is 2. The number of ether oxygens (including phenoxy) is 2. The Bertz CT molecular complexity index is 798. The SMILES string of the molecule is CCOc1c(Cl)cc(C(=O)NNC(=O)c2ccccc2F)cc1OC. The van der Waals surface area contributed by atoms with Crippen molar-refractivity contribution in [2.45, 2.75) is 6.92 Å². The first-order valence-corrected chi connectivity index (χ1v) is 7.71. The van der Waals surface area contributed by atoms with Crippen molar-refractivity contribution in [1.82, 2.24) is 10.9 Å². The molecule has 0 aliphatic heterocycles. The van der Waals surface area contributed by atoms with Gasteiger partial charge < -0.3 is 9.47 Å². The zero-order chi connectivity index (χ0) is 18.4. The summed E-state index contributed by atoms with van der Waals surface area (Å²) in [6, 6.07) is 8.21. The van der Waals surface area contributed by atoms with Crippen LogP contribution in [-0.4, -0.2) is 25.5 Å². The molecule has 2 amide bonds. The van der Waals surface area contributed by atoms with Gasteiger partial charge in [-0.3, -0.25) is 20.4 Å². The van der Waals surface area contributed by atoms with Crippen LogP contribution in [0.1, 0.15) is 27.6 Å². The van der Waals surface area contributed by atoms with E-state index in [0.717, 1.165) is 6.07 Å². The number of hydrogen-bond donors (Lipinski definition) is 2. The molecule has 0 aliphatic carbocycles. The largest absolute Gasteiger partial charge is 0.493 e. The first-order valence-electron chi connectivity index (χ1n) is 7.33. The summed E-state index contributed by atoms with van der Waals surface area (Å²) < 4.78 is 24.1. The van der Waals surface area contributed by atoms with Crippen LogP contribution in [0.25, 0.3) is 0 Å². The number of rotatable bonds is 5. The van der Waals surface area contributed by atoms with Gasteiger partial charge in [-0.15, -0.1) is 0 Å². The second-order valence-electron chi connectivity index (χ2n) is 4.81. The van der Waals surface area contributed by atoms with Gasteiger partial charge in [0.25, 0.3) is 11.8 Å². The highest BCUT2D eigenvalue weighted by Crippen LogP contribution is 2.36. The minimum atomic E-state index is -0.782. The lowest BCUT2D eigenvalue weighted by Gasteiger charge is -2.13. The van der Waals surface area contributed by atoms with Gasteiger partial charge in [-0.1, -0.05) is 23.7 Å². The lowest BCUT2D eigenvalue weighted by molar-refractivity contribution is 0.0844. The highest BCUT2D eigenvalue weighted by molar-refractivity contribution is 6.32. The zero-order valence-electron chi connectivity index (χ0n) is 13.6. The number of nitrogens with one attached hydrogen (secondary N) is 2. The summed E-state index contributed by atoms with van der Waals surface area (Å²) in [5.41, 5.74) is 4.28. The highest BCUT2D eigenvalue weighted by Gasteiger charge is 2.17. The smallest absolute Gasteiger partial charge is 0.272 e. The summed E-state index contributed by atoms with van der Waals surface area (Å²) in [6.07, 6.45) is 0. The molecule has 2 N–H and O–H groups in total. The van der Waals surface area contributed by atoms with Gasteiger partial charge in [-0.05, 0) is 31.2 Å². The van der Waals surface area contributed by atoms with E-state index in [4.69, 9.17) is 21.1 Å². The van der Waals surface area contributed by atoms with E-state index in [1.54, 1.807) is 6.92 Å². The number of amides is 2. The van der Waals surface area contributed by atoms with Crippen LogP contribution in [0.4, 0.5) is 4.39 Å². The number of methoxy groups -OCH3 is 1. The molecule has 2 rings (SSSR count).